The lowest BCUT2D eigenvalue weighted by molar-refractivity contribution is -0.123. The Labute approximate surface area is 243 Å². The van der Waals surface area contributed by atoms with Gasteiger partial charge in [0.2, 0.25) is 0 Å². The van der Waals surface area contributed by atoms with Crippen LogP contribution in [0, 0.1) is 5.92 Å². The van der Waals surface area contributed by atoms with Gasteiger partial charge in [-0.25, -0.2) is 24.6 Å². The second-order valence-corrected chi connectivity index (χ2v) is 11.9. The van der Waals surface area contributed by atoms with Gasteiger partial charge in [0.1, 0.15) is 17.9 Å². The number of amides is 1. The first-order chi connectivity index (χ1) is 20.2. The predicted octanol–water partition coefficient (Wildman–Crippen LogP) is 4.22. The number of allylic oxidation sites excluding steroid dienone is 1. The van der Waals surface area contributed by atoms with Gasteiger partial charge in [-0.15, -0.1) is 0 Å². The molecular formula is C29H34N7O5P. The second kappa shape index (κ2) is 12.8. The third kappa shape index (κ3) is 7.03. The summed E-state index contributed by atoms with van der Waals surface area (Å²) >= 11 is 0. The SMILES string of the molecule is CC(C)ON(c1ccccc1)[C@@H](Cc1ccccc1)C(=O)NP(=O)(O)OC[C@H]1C=C[C@@H](n2cnc3c(N)ncnc32)C1. The van der Waals surface area contributed by atoms with Crippen LogP contribution in [-0.4, -0.2) is 49.1 Å². The van der Waals surface area contributed by atoms with Crippen molar-refractivity contribution in [3.8, 4) is 0 Å². The lowest BCUT2D eigenvalue weighted by Crippen LogP contribution is -2.48. The van der Waals surface area contributed by atoms with Crippen LogP contribution in [0.1, 0.15) is 31.9 Å². The monoisotopic (exact) mass is 591 g/mol. The summed E-state index contributed by atoms with van der Waals surface area (Å²) < 4.78 is 20.4. The number of hydroxylamine groups is 1. The van der Waals surface area contributed by atoms with Gasteiger partial charge >= 0.3 is 7.75 Å². The van der Waals surface area contributed by atoms with Crippen LogP contribution in [0.2, 0.25) is 0 Å². The molecule has 4 N–H and O–H groups in total. The van der Waals surface area contributed by atoms with Crippen molar-refractivity contribution < 1.29 is 23.6 Å². The van der Waals surface area contributed by atoms with E-state index in [0.717, 1.165) is 5.56 Å². The maximum atomic E-state index is 13.6. The summed E-state index contributed by atoms with van der Waals surface area (Å²) in [5.74, 6) is -0.571. The first-order valence-corrected chi connectivity index (χ1v) is 15.2. The highest BCUT2D eigenvalue weighted by Gasteiger charge is 2.34. The van der Waals surface area contributed by atoms with Crippen LogP contribution in [0.15, 0.2) is 85.5 Å². The second-order valence-electron chi connectivity index (χ2n) is 10.3. The minimum atomic E-state index is -4.52. The van der Waals surface area contributed by atoms with E-state index in [0.29, 0.717) is 29.1 Å². The number of nitrogen functional groups attached to an aromatic ring is 1. The molecule has 1 aliphatic carbocycles. The lowest BCUT2D eigenvalue weighted by Gasteiger charge is -2.33. The number of fused-ring (bicyclic) bond motifs is 1. The number of nitrogens with one attached hydrogen (secondary N) is 1. The smallest absolute Gasteiger partial charge is 0.382 e. The molecule has 4 aromatic rings. The minimum absolute atomic E-state index is 0.0704. The Kier molecular flexibility index (Phi) is 8.98. The van der Waals surface area contributed by atoms with E-state index in [9.17, 15) is 14.3 Å². The molecule has 0 radical (unpaired) electrons. The van der Waals surface area contributed by atoms with Gasteiger partial charge in [0, 0.05) is 12.3 Å². The number of carbonyl (C=O) groups is 1. The highest BCUT2D eigenvalue weighted by atomic mass is 31.2. The van der Waals surface area contributed by atoms with Crippen LogP contribution >= 0.6 is 7.75 Å². The van der Waals surface area contributed by atoms with Crippen molar-refractivity contribution in [2.75, 3.05) is 17.4 Å². The van der Waals surface area contributed by atoms with Crippen molar-refractivity contribution >= 4 is 36.3 Å². The molecule has 1 aliphatic rings. The maximum Gasteiger partial charge on any atom is 0.432 e. The van der Waals surface area contributed by atoms with Gasteiger partial charge in [-0.2, -0.15) is 0 Å². The number of hydrogen-bond donors (Lipinski definition) is 3. The van der Waals surface area contributed by atoms with Crippen LogP contribution in [-0.2, 0) is 25.1 Å². The first-order valence-electron chi connectivity index (χ1n) is 13.7. The molecule has 5 rings (SSSR count). The fraction of sp³-hybridized carbons (Fsp3) is 0.310. The molecule has 42 heavy (non-hydrogen) atoms. The van der Waals surface area contributed by atoms with Crippen molar-refractivity contribution in [1.82, 2.24) is 24.6 Å². The molecule has 2 heterocycles. The maximum absolute atomic E-state index is 13.6. The summed E-state index contributed by atoms with van der Waals surface area (Å²) in [7, 11) is -4.52. The van der Waals surface area contributed by atoms with Crippen molar-refractivity contribution in [2.45, 2.75) is 44.9 Å². The van der Waals surface area contributed by atoms with Crippen molar-refractivity contribution in [1.29, 1.82) is 0 Å². The summed E-state index contributed by atoms with van der Waals surface area (Å²) in [5.41, 5.74) is 8.52. The molecule has 0 fully saturated rings. The Morgan fingerprint density at radius 1 is 1.12 bits per heavy atom. The number of nitrogens with two attached hydrogens (primary N) is 1. The fourth-order valence-corrected chi connectivity index (χ4v) is 5.76. The Morgan fingerprint density at radius 3 is 2.55 bits per heavy atom. The van der Waals surface area contributed by atoms with Gasteiger partial charge in [0.25, 0.3) is 5.91 Å². The van der Waals surface area contributed by atoms with E-state index < -0.39 is 19.7 Å². The summed E-state index contributed by atoms with van der Waals surface area (Å²) in [6.45, 7) is 3.63. The molecule has 0 bridgehead atoms. The van der Waals surface area contributed by atoms with Gasteiger partial charge in [0.15, 0.2) is 11.5 Å². The molecular weight excluding hydrogens is 557 g/mol. The molecule has 2 aromatic heterocycles. The van der Waals surface area contributed by atoms with Crippen LogP contribution < -0.4 is 15.9 Å². The summed E-state index contributed by atoms with van der Waals surface area (Å²) in [6, 6.07) is 17.5. The van der Waals surface area contributed by atoms with Gasteiger partial charge < -0.3 is 15.2 Å². The number of imidazole rings is 1. The molecule has 0 aliphatic heterocycles. The average molecular weight is 592 g/mol. The van der Waals surface area contributed by atoms with E-state index in [1.807, 2.05) is 91.2 Å². The Morgan fingerprint density at radius 2 is 1.83 bits per heavy atom. The largest absolute Gasteiger partial charge is 0.432 e. The molecule has 13 heteroatoms. The van der Waals surface area contributed by atoms with E-state index in [-0.39, 0.29) is 31.1 Å². The molecule has 12 nitrogen and oxygen atoms in total. The number of hydrogen-bond acceptors (Lipinski definition) is 9. The van der Waals surface area contributed by atoms with Crippen molar-refractivity contribution in [3.63, 3.8) is 0 Å². The molecule has 0 spiro atoms. The zero-order valence-corrected chi connectivity index (χ0v) is 24.2. The number of anilines is 2. The average Bonchev–Trinajstić information content (AvgIpc) is 3.62. The predicted molar refractivity (Wildman–Crippen MR) is 159 cm³/mol. The molecule has 1 unspecified atom stereocenters. The Balaban J connectivity index is 1.27. The topological polar surface area (TPSA) is 158 Å². The molecule has 1 amide bonds. The van der Waals surface area contributed by atoms with E-state index in [1.54, 1.807) is 6.33 Å². The normalized spacial score (nSPS) is 18.7. The van der Waals surface area contributed by atoms with E-state index in [1.165, 1.54) is 11.4 Å². The lowest BCUT2D eigenvalue weighted by atomic mass is 10.0. The quantitative estimate of drug-likeness (QED) is 0.124. The standard InChI is InChI=1S/C29H34N7O5P/c1-20(2)41-36(23-11-7-4-8-12-23)25(16-21-9-5-3-6-10-21)29(37)34-42(38,39)40-17-22-13-14-24(15-22)35-19-33-26-27(30)31-18-32-28(26)35/h3-14,18-20,22,24-25H,15-17H2,1-2H3,(H2,30,31,32)(H2,34,37,38,39)/t22-,24+,25-/m0/s1. The molecule has 4 atom stereocenters. The van der Waals surface area contributed by atoms with Gasteiger partial charge in [-0.3, -0.25) is 19.2 Å². The van der Waals surface area contributed by atoms with Crippen molar-refractivity contribution in [2.24, 2.45) is 5.92 Å². The van der Waals surface area contributed by atoms with Gasteiger partial charge in [-0.1, -0.05) is 60.7 Å². The van der Waals surface area contributed by atoms with E-state index >= 15 is 0 Å². The Hall–Kier alpha value is -4.09. The third-order valence-corrected chi connectivity index (χ3v) is 7.80. The minimum Gasteiger partial charge on any atom is -0.382 e. The van der Waals surface area contributed by atoms with Crippen LogP contribution in [0.4, 0.5) is 11.5 Å². The molecule has 0 saturated heterocycles. The number of nitrogens with zero attached hydrogens (tertiary/aromatic N) is 5. The number of para-hydroxylation sites is 1. The number of aromatic nitrogens is 4. The number of rotatable bonds is 12. The van der Waals surface area contributed by atoms with E-state index in [4.69, 9.17) is 15.1 Å². The first kappa shape index (κ1) is 29.4. The summed E-state index contributed by atoms with van der Waals surface area (Å²) in [5, 5.41) is 3.74. The molecule has 0 saturated carbocycles. The van der Waals surface area contributed by atoms with Crippen LogP contribution in [0.25, 0.3) is 11.2 Å². The fourth-order valence-electron chi connectivity index (χ4n) is 4.87. The Bertz CT molecular complexity index is 1580. The highest BCUT2D eigenvalue weighted by Crippen LogP contribution is 2.40. The van der Waals surface area contributed by atoms with E-state index in [2.05, 4.69) is 20.0 Å². The zero-order chi connectivity index (χ0) is 29.7. The third-order valence-electron chi connectivity index (χ3n) is 6.80. The molecule has 2 aromatic carbocycles. The summed E-state index contributed by atoms with van der Waals surface area (Å²) in [6.07, 6.45) is 7.47. The van der Waals surface area contributed by atoms with Crippen LogP contribution in [0.3, 0.4) is 0 Å². The molecule has 220 valence electrons. The van der Waals surface area contributed by atoms with Crippen LogP contribution in [0.5, 0.6) is 0 Å². The highest BCUT2D eigenvalue weighted by molar-refractivity contribution is 7.51. The number of benzene rings is 2. The zero-order valence-electron chi connectivity index (χ0n) is 23.4. The van der Waals surface area contributed by atoms with Gasteiger partial charge in [-0.05, 0) is 38.0 Å². The number of carbonyl (C=O) groups excluding carboxylic acids is 1. The van der Waals surface area contributed by atoms with Crippen molar-refractivity contribution in [3.05, 3.63) is 91.0 Å². The summed E-state index contributed by atoms with van der Waals surface area (Å²) in [4.78, 5) is 42.9. The van der Waals surface area contributed by atoms with Gasteiger partial charge in [0.05, 0.1) is 30.8 Å².